The van der Waals surface area contributed by atoms with E-state index in [-0.39, 0.29) is 17.9 Å². The molecule has 182 valence electrons. The lowest BCUT2D eigenvalue weighted by atomic mass is 9.92. The number of fused-ring (bicyclic) bond motifs is 1. The minimum atomic E-state index is -0.175. The Morgan fingerprint density at radius 2 is 1.65 bits per heavy atom. The van der Waals surface area contributed by atoms with E-state index in [1.165, 1.54) is 22.3 Å². The molecule has 0 aromatic heterocycles. The maximum Gasteiger partial charge on any atom is 0.320 e. The van der Waals surface area contributed by atoms with Gasteiger partial charge in [0.2, 0.25) is 0 Å². The van der Waals surface area contributed by atoms with E-state index in [4.69, 9.17) is 0 Å². The van der Waals surface area contributed by atoms with Gasteiger partial charge >= 0.3 is 6.03 Å². The maximum absolute atomic E-state index is 13.5. The number of urea groups is 1. The summed E-state index contributed by atoms with van der Waals surface area (Å²) >= 11 is 0. The SMILES string of the molecule is Cc1ccc2c(c1)[C@@H](c1ccc(F)cc1)C[C@@H]2N1CCN(CCN2CCN(C(C)C)C2=O)CC1. The molecule has 2 aliphatic heterocycles. The number of benzene rings is 2. The molecule has 0 radical (unpaired) electrons. The van der Waals surface area contributed by atoms with Crippen LogP contribution in [0.4, 0.5) is 9.18 Å². The molecule has 2 saturated heterocycles. The van der Waals surface area contributed by atoms with E-state index in [0.29, 0.717) is 12.0 Å². The fraction of sp³-hybridized carbons (Fsp3) is 0.536. The Kier molecular flexibility index (Phi) is 6.63. The predicted octanol–water partition coefficient (Wildman–Crippen LogP) is 4.47. The molecule has 5 nitrogen and oxygen atoms in total. The van der Waals surface area contributed by atoms with Gasteiger partial charge in [-0.05, 0) is 56.0 Å². The number of hydrogen-bond donors (Lipinski definition) is 0. The Morgan fingerprint density at radius 3 is 2.32 bits per heavy atom. The number of carbonyl (C=O) groups is 1. The zero-order valence-corrected chi connectivity index (χ0v) is 20.7. The lowest BCUT2D eigenvalue weighted by Gasteiger charge is -2.39. The van der Waals surface area contributed by atoms with Gasteiger partial charge in [0.1, 0.15) is 5.82 Å². The molecule has 0 unspecified atom stereocenters. The Morgan fingerprint density at radius 1 is 0.912 bits per heavy atom. The number of aryl methyl sites for hydroxylation is 1. The minimum Gasteiger partial charge on any atom is -0.322 e. The molecule has 5 rings (SSSR count). The van der Waals surface area contributed by atoms with Crippen molar-refractivity contribution in [1.29, 1.82) is 0 Å². The summed E-state index contributed by atoms with van der Waals surface area (Å²) in [7, 11) is 0. The first-order valence-electron chi connectivity index (χ1n) is 12.8. The van der Waals surface area contributed by atoms with Gasteiger partial charge in [0.25, 0.3) is 0 Å². The summed E-state index contributed by atoms with van der Waals surface area (Å²) in [6.07, 6.45) is 1.05. The van der Waals surface area contributed by atoms with Crippen LogP contribution in [-0.4, -0.2) is 84.0 Å². The van der Waals surface area contributed by atoms with Gasteiger partial charge in [0.15, 0.2) is 0 Å². The first-order chi connectivity index (χ1) is 16.4. The lowest BCUT2D eigenvalue weighted by Crippen LogP contribution is -2.49. The smallest absolute Gasteiger partial charge is 0.320 e. The van der Waals surface area contributed by atoms with Gasteiger partial charge in [0.05, 0.1) is 0 Å². The first kappa shape index (κ1) is 23.3. The molecule has 0 N–H and O–H groups in total. The number of halogens is 1. The van der Waals surface area contributed by atoms with Gasteiger partial charge < -0.3 is 9.80 Å². The van der Waals surface area contributed by atoms with Crippen LogP contribution in [0.3, 0.4) is 0 Å². The van der Waals surface area contributed by atoms with E-state index < -0.39 is 0 Å². The van der Waals surface area contributed by atoms with Crippen molar-refractivity contribution in [3.05, 3.63) is 70.5 Å². The van der Waals surface area contributed by atoms with Crippen molar-refractivity contribution in [2.75, 3.05) is 52.4 Å². The van der Waals surface area contributed by atoms with Crippen molar-refractivity contribution < 1.29 is 9.18 Å². The molecule has 2 amide bonds. The molecule has 0 spiro atoms. The van der Waals surface area contributed by atoms with Crippen molar-refractivity contribution in [3.63, 3.8) is 0 Å². The molecule has 34 heavy (non-hydrogen) atoms. The number of rotatable bonds is 6. The third-order valence-electron chi connectivity index (χ3n) is 7.99. The van der Waals surface area contributed by atoms with Crippen LogP contribution < -0.4 is 0 Å². The van der Waals surface area contributed by atoms with Crippen LogP contribution in [0, 0.1) is 12.7 Å². The quantitative estimate of drug-likeness (QED) is 0.632. The van der Waals surface area contributed by atoms with E-state index in [9.17, 15) is 9.18 Å². The number of carbonyl (C=O) groups excluding carboxylic acids is 1. The Bertz CT molecular complexity index is 1020. The molecule has 2 fully saturated rings. The highest BCUT2D eigenvalue weighted by Crippen LogP contribution is 2.47. The number of piperazine rings is 1. The van der Waals surface area contributed by atoms with Crippen LogP contribution in [-0.2, 0) is 0 Å². The molecule has 2 atom stereocenters. The minimum absolute atomic E-state index is 0.175. The Balaban J connectivity index is 1.20. The van der Waals surface area contributed by atoms with Gasteiger partial charge in [0, 0.05) is 70.4 Å². The average molecular weight is 465 g/mol. The highest BCUT2D eigenvalue weighted by Gasteiger charge is 2.37. The maximum atomic E-state index is 13.5. The first-order valence-corrected chi connectivity index (χ1v) is 12.8. The fourth-order valence-electron chi connectivity index (χ4n) is 5.98. The molecule has 1 aliphatic carbocycles. The van der Waals surface area contributed by atoms with E-state index in [1.54, 1.807) is 12.1 Å². The highest BCUT2D eigenvalue weighted by molar-refractivity contribution is 5.76. The van der Waals surface area contributed by atoms with Crippen molar-refractivity contribution in [3.8, 4) is 0 Å². The van der Waals surface area contributed by atoms with E-state index in [1.807, 2.05) is 21.9 Å². The molecule has 2 aromatic rings. The van der Waals surface area contributed by atoms with E-state index >= 15 is 0 Å². The normalized spacial score (nSPS) is 23.9. The van der Waals surface area contributed by atoms with E-state index in [2.05, 4.69) is 48.8 Å². The zero-order valence-electron chi connectivity index (χ0n) is 20.7. The molecule has 6 heteroatoms. The molecule has 2 heterocycles. The summed E-state index contributed by atoms with van der Waals surface area (Å²) in [5.41, 5.74) is 5.33. The standard InChI is InChI=1S/C28H37FN4O/c1-20(2)33-17-16-32(28(33)34)15-12-30-10-13-31(14-11-30)27-19-25(22-5-7-23(29)8-6-22)26-18-21(3)4-9-24(26)27/h4-9,18,20,25,27H,10-17,19H2,1-3H3/t25-,27+/m1/s1. The van der Waals surface area contributed by atoms with Crippen molar-refractivity contribution in [2.45, 2.75) is 45.2 Å². The van der Waals surface area contributed by atoms with Crippen LogP contribution >= 0.6 is 0 Å². The number of amides is 2. The second kappa shape index (κ2) is 9.67. The van der Waals surface area contributed by atoms with Crippen LogP contribution in [0.1, 0.15) is 54.5 Å². The van der Waals surface area contributed by atoms with E-state index in [0.717, 1.165) is 58.8 Å². The summed E-state index contributed by atoms with van der Waals surface area (Å²) in [5.74, 6) is 0.148. The average Bonchev–Trinajstić information content (AvgIpc) is 3.39. The van der Waals surface area contributed by atoms with Crippen LogP contribution in [0.2, 0.25) is 0 Å². The Hall–Kier alpha value is -2.44. The third-order valence-corrected chi connectivity index (χ3v) is 7.99. The van der Waals surface area contributed by atoms with Gasteiger partial charge in [-0.2, -0.15) is 0 Å². The van der Waals surface area contributed by atoms with Crippen molar-refractivity contribution >= 4 is 6.03 Å². The lowest BCUT2D eigenvalue weighted by molar-refractivity contribution is 0.0900. The molecular formula is C28H37FN4O. The molecule has 2 aromatic carbocycles. The summed E-state index contributed by atoms with van der Waals surface area (Å²) in [6, 6.07) is 14.8. The van der Waals surface area contributed by atoms with Gasteiger partial charge in [-0.25, -0.2) is 9.18 Å². The van der Waals surface area contributed by atoms with Gasteiger partial charge in [-0.15, -0.1) is 0 Å². The topological polar surface area (TPSA) is 30.0 Å². The highest BCUT2D eigenvalue weighted by atomic mass is 19.1. The van der Waals surface area contributed by atoms with Crippen LogP contribution in [0.15, 0.2) is 42.5 Å². The second-order valence-electron chi connectivity index (χ2n) is 10.4. The summed E-state index contributed by atoms with van der Waals surface area (Å²) in [4.78, 5) is 21.7. The molecule has 0 bridgehead atoms. The largest absolute Gasteiger partial charge is 0.322 e. The number of nitrogens with zero attached hydrogens (tertiary/aromatic N) is 4. The molecule has 3 aliphatic rings. The summed E-state index contributed by atoms with van der Waals surface area (Å²) in [6.45, 7) is 13.9. The molecule has 0 saturated carbocycles. The molecular weight excluding hydrogens is 427 g/mol. The second-order valence-corrected chi connectivity index (χ2v) is 10.4. The summed E-state index contributed by atoms with van der Waals surface area (Å²) < 4.78 is 13.5. The van der Waals surface area contributed by atoms with Crippen LogP contribution in [0.25, 0.3) is 0 Å². The predicted molar refractivity (Wildman–Crippen MR) is 134 cm³/mol. The zero-order chi connectivity index (χ0) is 23.8. The van der Waals surface area contributed by atoms with Gasteiger partial charge in [-0.1, -0.05) is 35.9 Å². The Labute approximate surface area is 203 Å². The summed E-state index contributed by atoms with van der Waals surface area (Å²) in [5, 5.41) is 0. The fourth-order valence-corrected chi connectivity index (χ4v) is 5.98. The van der Waals surface area contributed by atoms with Crippen LogP contribution in [0.5, 0.6) is 0 Å². The monoisotopic (exact) mass is 464 g/mol. The van der Waals surface area contributed by atoms with Crippen molar-refractivity contribution in [2.24, 2.45) is 0 Å². The van der Waals surface area contributed by atoms with Gasteiger partial charge in [-0.3, -0.25) is 9.80 Å². The number of hydrogen-bond acceptors (Lipinski definition) is 3. The van der Waals surface area contributed by atoms with Crippen molar-refractivity contribution in [1.82, 2.24) is 19.6 Å². The third kappa shape index (κ3) is 4.58.